The highest BCUT2D eigenvalue weighted by Gasteiger charge is 2.21. The smallest absolute Gasteiger partial charge is 0.224 e. The van der Waals surface area contributed by atoms with Crippen molar-refractivity contribution in [3.05, 3.63) is 0 Å². The Bertz CT molecular complexity index is 228. The van der Waals surface area contributed by atoms with Gasteiger partial charge in [0.25, 0.3) is 0 Å². The lowest BCUT2D eigenvalue weighted by Crippen LogP contribution is -2.43. The van der Waals surface area contributed by atoms with Crippen molar-refractivity contribution < 1.29 is 4.79 Å². The van der Waals surface area contributed by atoms with E-state index in [0.29, 0.717) is 6.04 Å². The minimum Gasteiger partial charge on any atom is -0.353 e. The van der Waals surface area contributed by atoms with Crippen LogP contribution in [0.2, 0.25) is 0 Å². The Morgan fingerprint density at radius 1 is 1.33 bits per heavy atom. The zero-order valence-electron chi connectivity index (χ0n) is 12.0. The predicted octanol–water partition coefficient (Wildman–Crippen LogP) is 2.74. The lowest BCUT2D eigenvalue weighted by molar-refractivity contribution is -0.126. The molecule has 0 saturated carbocycles. The lowest BCUT2D eigenvalue weighted by Gasteiger charge is -2.24. The summed E-state index contributed by atoms with van der Waals surface area (Å²) in [5, 5.41) is 6.43. The van der Waals surface area contributed by atoms with Gasteiger partial charge in [-0.15, -0.1) is 12.4 Å². The Balaban J connectivity index is 0.00000289. The first-order chi connectivity index (χ1) is 8.09. The molecule has 2 unspecified atom stereocenters. The SMILES string of the molecule is CC(C)CCCC(C)NC(=O)C1CCCNC1.Cl. The highest BCUT2D eigenvalue weighted by molar-refractivity contribution is 5.85. The molecule has 18 heavy (non-hydrogen) atoms. The first-order valence-corrected chi connectivity index (χ1v) is 7.10. The number of hydrogen-bond donors (Lipinski definition) is 2. The van der Waals surface area contributed by atoms with Gasteiger partial charge in [0.15, 0.2) is 0 Å². The van der Waals surface area contributed by atoms with Crippen molar-refractivity contribution in [2.24, 2.45) is 11.8 Å². The van der Waals surface area contributed by atoms with E-state index in [1.54, 1.807) is 0 Å². The third kappa shape index (κ3) is 7.22. The van der Waals surface area contributed by atoms with E-state index in [-0.39, 0.29) is 24.2 Å². The number of amides is 1. The summed E-state index contributed by atoms with van der Waals surface area (Å²) in [5.74, 6) is 1.20. The zero-order chi connectivity index (χ0) is 12.7. The molecular formula is C14H29ClN2O. The number of piperidine rings is 1. The third-order valence-electron chi connectivity index (χ3n) is 3.47. The molecule has 1 aliphatic rings. The second-order valence-electron chi connectivity index (χ2n) is 5.78. The van der Waals surface area contributed by atoms with Gasteiger partial charge in [-0.2, -0.15) is 0 Å². The molecule has 4 heteroatoms. The monoisotopic (exact) mass is 276 g/mol. The van der Waals surface area contributed by atoms with Crippen LogP contribution in [0.4, 0.5) is 0 Å². The van der Waals surface area contributed by atoms with Gasteiger partial charge in [-0.1, -0.05) is 26.7 Å². The summed E-state index contributed by atoms with van der Waals surface area (Å²) < 4.78 is 0. The molecule has 1 fully saturated rings. The Labute approximate surface area is 118 Å². The fourth-order valence-corrected chi connectivity index (χ4v) is 2.34. The van der Waals surface area contributed by atoms with Crippen LogP contribution in [0.3, 0.4) is 0 Å². The molecule has 1 heterocycles. The maximum Gasteiger partial charge on any atom is 0.224 e. The normalized spacial score (nSPS) is 21.2. The molecule has 0 aromatic heterocycles. The molecule has 0 bridgehead atoms. The summed E-state index contributed by atoms with van der Waals surface area (Å²) in [6, 6.07) is 0.322. The van der Waals surface area contributed by atoms with Crippen LogP contribution in [-0.2, 0) is 4.79 Å². The second kappa shape index (κ2) is 9.62. The van der Waals surface area contributed by atoms with E-state index in [1.165, 1.54) is 12.8 Å². The molecular weight excluding hydrogens is 248 g/mol. The van der Waals surface area contributed by atoms with E-state index in [0.717, 1.165) is 38.3 Å². The zero-order valence-corrected chi connectivity index (χ0v) is 12.8. The summed E-state index contributed by atoms with van der Waals surface area (Å²) in [6.07, 6.45) is 5.73. The molecule has 0 radical (unpaired) electrons. The van der Waals surface area contributed by atoms with Gasteiger partial charge in [-0.25, -0.2) is 0 Å². The molecule has 0 spiro atoms. The molecule has 1 saturated heterocycles. The number of halogens is 1. The average Bonchev–Trinajstić information content (AvgIpc) is 2.29. The Morgan fingerprint density at radius 2 is 2.06 bits per heavy atom. The standard InChI is InChI=1S/C14H28N2O.ClH/c1-11(2)6-4-7-12(3)16-14(17)13-8-5-9-15-10-13;/h11-13,15H,4-10H2,1-3H3,(H,16,17);1H. The molecule has 1 rings (SSSR count). The van der Waals surface area contributed by atoms with Crippen LogP contribution >= 0.6 is 12.4 Å². The molecule has 0 aliphatic carbocycles. The minimum atomic E-state index is 0. The van der Waals surface area contributed by atoms with Crippen molar-refractivity contribution in [2.45, 2.75) is 58.9 Å². The van der Waals surface area contributed by atoms with E-state index < -0.39 is 0 Å². The minimum absolute atomic E-state index is 0. The summed E-state index contributed by atoms with van der Waals surface area (Å²) in [7, 11) is 0. The fraction of sp³-hybridized carbons (Fsp3) is 0.929. The van der Waals surface area contributed by atoms with Gasteiger partial charge in [0.1, 0.15) is 0 Å². The summed E-state index contributed by atoms with van der Waals surface area (Å²) in [4.78, 5) is 12.0. The van der Waals surface area contributed by atoms with Crippen LogP contribution in [0.1, 0.15) is 52.9 Å². The van der Waals surface area contributed by atoms with Gasteiger partial charge in [0.2, 0.25) is 5.91 Å². The van der Waals surface area contributed by atoms with Crippen molar-refractivity contribution in [1.82, 2.24) is 10.6 Å². The summed E-state index contributed by atoms with van der Waals surface area (Å²) in [5.41, 5.74) is 0. The predicted molar refractivity (Wildman–Crippen MR) is 79.1 cm³/mol. The quantitative estimate of drug-likeness (QED) is 0.783. The number of carbonyl (C=O) groups is 1. The van der Waals surface area contributed by atoms with Gasteiger partial charge in [-0.05, 0) is 38.6 Å². The van der Waals surface area contributed by atoms with E-state index in [1.807, 2.05) is 0 Å². The van der Waals surface area contributed by atoms with Crippen molar-refractivity contribution in [2.75, 3.05) is 13.1 Å². The summed E-state index contributed by atoms with van der Waals surface area (Å²) >= 11 is 0. The molecule has 108 valence electrons. The van der Waals surface area contributed by atoms with Crippen LogP contribution in [0.5, 0.6) is 0 Å². The van der Waals surface area contributed by atoms with Gasteiger partial charge < -0.3 is 10.6 Å². The highest BCUT2D eigenvalue weighted by atomic mass is 35.5. The van der Waals surface area contributed by atoms with Crippen LogP contribution in [0, 0.1) is 11.8 Å². The molecule has 1 aliphatic heterocycles. The largest absolute Gasteiger partial charge is 0.353 e. The van der Waals surface area contributed by atoms with Crippen LogP contribution in [-0.4, -0.2) is 25.0 Å². The number of rotatable bonds is 6. The Hall–Kier alpha value is -0.280. The van der Waals surface area contributed by atoms with Crippen LogP contribution in [0.25, 0.3) is 0 Å². The van der Waals surface area contributed by atoms with E-state index in [4.69, 9.17) is 0 Å². The van der Waals surface area contributed by atoms with Crippen molar-refractivity contribution in [3.63, 3.8) is 0 Å². The number of nitrogens with one attached hydrogen (secondary N) is 2. The van der Waals surface area contributed by atoms with Gasteiger partial charge >= 0.3 is 0 Å². The lowest BCUT2D eigenvalue weighted by atomic mass is 9.98. The van der Waals surface area contributed by atoms with E-state index in [9.17, 15) is 4.79 Å². The first-order valence-electron chi connectivity index (χ1n) is 7.10. The van der Waals surface area contributed by atoms with Gasteiger partial charge in [-0.3, -0.25) is 4.79 Å². The van der Waals surface area contributed by atoms with E-state index >= 15 is 0 Å². The van der Waals surface area contributed by atoms with Crippen molar-refractivity contribution in [3.8, 4) is 0 Å². The topological polar surface area (TPSA) is 41.1 Å². The van der Waals surface area contributed by atoms with Gasteiger partial charge in [0.05, 0.1) is 5.92 Å². The molecule has 0 aromatic rings. The average molecular weight is 277 g/mol. The number of carbonyl (C=O) groups excluding carboxylic acids is 1. The molecule has 2 N–H and O–H groups in total. The molecule has 2 atom stereocenters. The third-order valence-corrected chi connectivity index (χ3v) is 3.47. The highest BCUT2D eigenvalue weighted by Crippen LogP contribution is 2.12. The Kier molecular flexibility index (Phi) is 9.47. The molecule has 0 aromatic carbocycles. The Morgan fingerprint density at radius 3 is 2.61 bits per heavy atom. The van der Waals surface area contributed by atoms with Crippen molar-refractivity contribution >= 4 is 18.3 Å². The van der Waals surface area contributed by atoms with Crippen LogP contribution < -0.4 is 10.6 Å². The second-order valence-corrected chi connectivity index (χ2v) is 5.78. The first kappa shape index (κ1) is 17.7. The van der Waals surface area contributed by atoms with Gasteiger partial charge in [0, 0.05) is 12.6 Å². The molecule has 3 nitrogen and oxygen atoms in total. The summed E-state index contributed by atoms with van der Waals surface area (Å²) in [6.45, 7) is 8.53. The maximum absolute atomic E-state index is 12.0. The maximum atomic E-state index is 12.0. The molecule has 1 amide bonds. The van der Waals surface area contributed by atoms with Crippen LogP contribution in [0.15, 0.2) is 0 Å². The van der Waals surface area contributed by atoms with Crippen molar-refractivity contribution in [1.29, 1.82) is 0 Å². The number of hydrogen-bond acceptors (Lipinski definition) is 2. The fourth-order valence-electron chi connectivity index (χ4n) is 2.34. The van der Waals surface area contributed by atoms with E-state index in [2.05, 4.69) is 31.4 Å².